The van der Waals surface area contributed by atoms with Gasteiger partial charge < -0.3 is 15.7 Å². The van der Waals surface area contributed by atoms with Crippen molar-refractivity contribution in [3.05, 3.63) is 59.4 Å². The Morgan fingerprint density at radius 1 is 1.24 bits per heavy atom. The van der Waals surface area contributed by atoms with Crippen LogP contribution in [0.1, 0.15) is 28.9 Å². The SMILES string of the molecule is CNC(=O)c1cccc(NC(C)c2ccc(F)cc2O)c1. The summed E-state index contributed by atoms with van der Waals surface area (Å²) >= 11 is 0. The van der Waals surface area contributed by atoms with Gasteiger partial charge in [-0.1, -0.05) is 12.1 Å². The molecule has 0 bridgehead atoms. The first-order valence-electron chi connectivity index (χ1n) is 6.58. The fourth-order valence-corrected chi connectivity index (χ4v) is 2.11. The lowest BCUT2D eigenvalue weighted by atomic mass is 10.1. The van der Waals surface area contributed by atoms with E-state index in [-0.39, 0.29) is 17.7 Å². The van der Waals surface area contributed by atoms with Gasteiger partial charge in [0, 0.05) is 29.9 Å². The molecule has 1 amide bonds. The summed E-state index contributed by atoms with van der Waals surface area (Å²) in [5, 5.41) is 15.5. The molecule has 0 aliphatic heterocycles. The largest absolute Gasteiger partial charge is 0.507 e. The molecule has 0 fully saturated rings. The van der Waals surface area contributed by atoms with Crippen molar-refractivity contribution in [1.29, 1.82) is 0 Å². The average molecular weight is 288 g/mol. The van der Waals surface area contributed by atoms with Crippen LogP contribution < -0.4 is 10.6 Å². The summed E-state index contributed by atoms with van der Waals surface area (Å²) in [4.78, 5) is 11.6. The highest BCUT2D eigenvalue weighted by Crippen LogP contribution is 2.27. The number of aromatic hydroxyl groups is 1. The van der Waals surface area contributed by atoms with E-state index in [0.29, 0.717) is 11.1 Å². The van der Waals surface area contributed by atoms with E-state index in [1.54, 1.807) is 25.2 Å². The number of anilines is 1. The van der Waals surface area contributed by atoms with Crippen LogP contribution >= 0.6 is 0 Å². The number of nitrogens with one attached hydrogen (secondary N) is 2. The first-order valence-corrected chi connectivity index (χ1v) is 6.58. The number of phenolic OH excluding ortho intramolecular Hbond substituents is 1. The summed E-state index contributed by atoms with van der Waals surface area (Å²) in [7, 11) is 1.57. The van der Waals surface area contributed by atoms with Gasteiger partial charge in [-0.15, -0.1) is 0 Å². The Hall–Kier alpha value is -2.56. The summed E-state index contributed by atoms with van der Waals surface area (Å²) < 4.78 is 13.0. The van der Waals surface area contributed by atoms with Crippen LogP contribution in [-0.4, -0.2) is 18.1 Å². The minimum absolute atomic E-state index is 0.0996. The van der Waals surface area contributed by atoms with Gasteiger partial charge in [-0.25, -0.2) is 4.39 Å². The zero-order valence-electron chi connectivity index (χ0n) is 11.9. The molecule has 4 nitrogen and oxygen atoms in total. The van der Waals surface area contributed by atoms with Crippen LogP contribution in [0.15, 0.2) is 42.5 Å². The van der Waals surface area contributed by atoms with E-state index >= 15 is 0 Å². The molecule has 21 heavy (non-hydrogen) atoms. The predicted molar refractivity (Wildman–Crippen MR) is 79.9 cm³/mol. The van der Waals surface area contributed by atoms with Gasteiger partial charge in [0.15, 0.2) is 0 Å². The number of rotatable bonds is 4. The zero-order valence-corrected chi connectivity index (χ0v) is 11.9. The molecule has 0 spiro atoms. The second-order valence-corrected chi connectivity index (χ2v) is 4.73. The van der Waals surface area contributed by atoms with Crippen LogP contribution in [0.25, 0.3) is 0 Å². The van der Waals surface area contributed by atoms with Crippen molar-refractivity contribution in [1.82, 2.24) is 5.32 Å². The molecule has 0 aliphatic carbocycles. The molecule has 0 radical (unpaired) electrons. The zero-order chi connectivity index (χ0) is 15.4. The molecule has 5 heteroatoms. The molecule has 0 aromatic heterocycles. The van der Waals surface area contributed by atoms with Crippen molar-refractivity contribution >= 4 is 11.6 Å². The Kier molecular flexibility index (Phi) is 4.42. The fraction of sp³-hybridized carbons (Fsp3) is 0.188. The van der Waals surface area contributed by atoms with Crippen LogP contribution in [0.3, 0.4) is 0 Å². The summed E-state index contributed by atoms with van der Waals surface area (Å²) in [5.74, 6) is -0.751. The summed E-state index contributed by atoms with van der Waals surface area (Å²) in [6.45, 7) is 1.85. The molecule has 0 aliphatic rings. The van der Waals surface area contributed by atoms with E-state index in [4.69, 9.17) is 0 Å². The maximum atomic E-state index is 13.0. The highest BCUT2D eigenvalue weighted by atomic mass is 19.1. The number of carbonyl (C=O) groups excluding carboxylic acids is 1. The van der Waals surface area contributed by atoms with Gasteiger partial charge in [0.1, 0.15) is 11.6 Å². The van der Waals surface area contributed by atoms with Gasteiger partial charge in [-0.2, -0.15) is 0 Å². The predicted octanol–water partition coefficient (Wildman–Crippen LogP) is 3.06. The van der Waals surface area contributed by atoms with E-state index in [1.807, 2.05) is 13.0 Å². The normalized spacial score (nSPS) is 11.8. The first-order chi connectivity index (χ1) is 10.0. The first kappa shape index (κ1) is 14.8. The number of hydrogen-bond donors (Lipinski definition) is 3. The summed E-state index contributed by atoms with van der Waals surface area (Å²) in [5.41, 5.74) is 1.87. The standard InChI is InChI=1S/C16H17FN2O2/c1-10(14-7-6-12(17)9-15(14)20)19-13-5-3-4-11(8-13)16(21)18-2/h3-10,19-20H,1-2H3,(H,18,21). The van der Waals surface area contributed by atoms with Gasteiger partial charge in [0.2, 0.25) is 0 Å². The lowest BCUT2D eigenvalue weighted by molar-refractivity contribution is 0.0963. The molecule has 0 saturated carbocycles. The van der Waals surface area contributed by atoms with Crippen molar-refractivity contribution in [2.45, 2.75) is 13.0 Å². The van der Waals surface area contributed by atoms with Gasteiger partial charge >= 0.3 is 0 Å². The number of phenols is 1. The summed E-state index contributed by atoms with van der Waals surface area (Å²) in [6.07, 6.45) is 0. The molecular weight excluding hydrogens is 271 g/mol. The fourth-order valence-electron chi connectivity index (χ4n) is 2.11. The third kappa shape index (κ3) is 3.51. The van der Waals surface area contributed by atoms with E-state index < -0.39 is 5.82 Å². The quantitative estimate of drug-likeness (QED) is 0.810. The minimum Gasteiger partial charge on any atom is -0.507 e. The molecular formula is C16H17FN2O2. The molecule has 3 N–H and O–H groups in total. The highest BCUT2D eigenvalue weighted by molar-refractivity contribution is 5.94. The van der Waals surface area contributed by atoms with E-state index in [9.17, 15) is 14.3 Å². The lowest BCUT2D eigenvalue weighted by Gasteiger charge is -2.17. The molecule has 1 unspecified atom stereocenters. The lowest BCUT2D eigenvalue weighted by Crippen LogP contribution is -2.18. The second-order valence-electron chi connectivity index (χ2n) is 4.73. The number of hydrogen-bond acceptors (Lipinski definition) is 3. The highest BCUT2D eigenvalue weighted by Gasteiger charge is 2.12. The van der Waals surface area contributed by atoms with Gasteiger partial charge in [0.25, 0.3) is 5.91 Å². The van der Waals surface area contributed by atoms with Crippen LogP contribution in [0.4, 0.5) is 10.1 Å². The Bertz CT molecular complexity index is 658. The third-order valence-corrected chi connectivity index (χ3v) is 3.19. The van der Waals surface area contributed by atoms with Crippen molar-refractivity contribution in [2.75, 3.05) is 12.4 Å². The summed E-state index contributed by atoms with van der Waals surface area (Å²) in [6, 6.07) is 10.7. The van der Waals surface area contributed by atoms with Crippen molar-refractivity contribution in [3.8, 4) is 5.75 Å². The molecule has 110 valence electrons. The Labute approximate surface area is 122 Å². The molecule has 2 rings (SSSR count). The Morgan fingerprint density at radius 2 is 2.00 bits per heavy atom. The smallest absolute Gasteiger partial charge is 0.251 e. The van der Waals surface area contributed by atoms with Crippen molar-refractivity contribution < 1.29 is 14.3 Å². The number of halogens is 1. The Morgan fingerprint density at radius 3 is 2.67 bits per heavy atom. The van der Waals surface area contributed by atoms with Crippen molar-refractivity contribution in [2.24, 2.45) is 0 Å². The van der Waals surface area contributed by atoms with Crippen LogP contribution in [0.5, 0.6) is 5.75 Å². The maximum Gasteiger partial charge on any atom is 0.251 e. The van der Waals surface area contributed by atoms with Crippen LogP contribution in [0.2, 0.25) is 0 Å². The molecule has 2 aromatic rings. The topological polar surface area (TPSA) is 61.4 Å². The van der Waals surface area contributed by atoms with Gasteiger partial charge in [-0.05, 0) is 31.2 Å². The van der Waals surface area contributed by atoms with Gasteiger partial charge in [-0.3, -0.25) is 4.79 Å². The Balaban J connectivity index is 2.19. The molecule has 2 aromatic carbocycles. The minimum atomic E-state index is -0.481. The van der Waals surface area contributed by atoms with Gasteiger partial charge in [0.05, 0.1) is 6.04 Å². The van der Waals surface area contributed by atoms with E-state index in [2.05, 4.69) is 10.6 Å². The second kappa shape index (κ2) is 6.26. The maximum absolute atomic E-state index is 13.0. The molecule has 0 saturated heterocycles. The number of benzene rings is 2. The average Bonchev–Trinajstić information content (AvgIpc) is 2.46. The number of amides is 1. The van der Waals surface area contributed by atoms with Crippen LogP contribution in [0, 0.1) is 5.82 Å². The van der Waals surface area contributed by atoms with Crippen molar-refractivity contribution in [3.63, 3.8) is 0 Å². The van der Waals surface area contributed by atoms with E-state index in [1.165, 1.54) is 12.1 Å². The number of carbonyl (C=O) groups is 1. The van der Waals surface area contributed by atoms with E-state index in [0.717, 1.165) is 11.8 Å². The third-order valence-electron chi connectivity index (χ3n) is 3.19. The molecule has 0 heterocycles. The van der Waals surface area contributed by atoms with Crippen LogP contribution in [-0.2, 0) is 0 Å². The monoisotopic (exact) mass is 288 g/mol. The molecule has 1 atom stereocenters.